The number of hydrogen-bond donors (Lipinski definition) is 5. The molecule has 46 heavy (non-hydrogen) atoms. The number of ether oxygens (including phenoxy) is 2. The Hall–Kier alpha value is -2.24. The van der Waals surface area contributed by atoms with Crippen molar-refractivity contribution < 1.29 is 24.2 Å². The van der Waals surface area contributed by atoms with Crippen molar-refractivity contribution in [3.8, 4) is 0 Å². The van der Waals surface area contributed by atoms with Crippen molar-refractivity contribution in [2.45, 2.75) is 94.9 Å². The van der Waals surface area contributed by atoms with Crippen LogP contribution in [0.15, 0.2) is 36.4 Å². The van der Waals surface area contributed by atoms with E-state index in [0.717, 1.165) is 49.7 Å². The van der Waals surface area contributed by atoms with Crippen LogP contribution in [0, 0.1) is 5.41 Å². The minimum Gasteiger partial charge on any atom is -0.394 e. The van der Waals surface area contributed by atoms with Gasteiger partial charge in [-0.05, 0) is 91.8 Å². The number of benzene rings is 2. The number of carbonyl (C=O) groups excluding carboxylic acids is 2. The highest BCUT2D eigenvalue weighted by Gasteiger charge is 2.43. The van der Waals surface area contributed by atoms with E-state index in [1.807, 2.05) is 30.3 Å². The second-order valence-corrected chi connectivity index (χ2v) is 14.9. The zero-order valence-electron chi connectivity index (χ0n) is 27.1. The van der Waals surface area contributed by atoms with Gasteiger partial charge in [-0.15, -0.1) is 0 Å². The molecule has 9 nitrogen and oxygen atoms in total. The molecule has 3 aliphatic rings. The first-order valence-electron chi connectivity index (χ1n) is 16.4. The highest BCUT2D eigenvalue weighted by Crippen LogP contribution is 2.44. The molecule has 0 unspecified atom stereocenters. The number of hydrogen-bond acceptors (Lipinski definition) is 7. The molecule has 11 heteroatoms. The average Bonchev–Trinajstić information content (AvgIpc) is 3.03. The van der Waals surface area contributed by atoms with Crippen LogP contribution >= 0.6 is 23.2 Å². The van der Waals surface area contributed by atoms with E-state index in [2.05, 4.69) is 35.1 Å². The van der Waals surface area contributed by atoms with Crippen LogP contribution in [0.3, 0.4) is 0 Å². The summed E-state index contributed by atoms with van der Waals surface area (Å²) in [6.07, 6.45) is 6.15. The molecular formula is C35H48Cl2N4O5. The zero-order chi connectivity index (χ0) is 32.9. The van der Waals surface area contributed by atoms with Gasteiger partial charge in [0, 0.05) is 58.3 Å². The summed E-state index contributed by atoms with van der Waals surface area (Å²) >= 11 is 13.1. The normalized spacial score (nSPS) is 26.2. The third-order valence-electron chi connectivity index (χ3n) is 10.0. The SMILES string of the molecule is CNC(=O)c1cc(Cl)cc([C@@H]2Cc3ccc(Cl)cc3NC(=O)CC3(CCC(C)(C)CC3)N[C@H]2COCN[C@@H]2CC[C@@H](CO)OC2)c1. The summed E-state index contributed by atoms with van der Waals surface area (Å²) in [5.41, 5.74) is 2.79. The lowest BCUT2D eigenvalue weighted by atomic mass is 9.67. The van der Waals surface area contributed by atoms with E-state index in [1.165, 1.54) is 0 Å². The molecule has 0 bridgehead atoms. The molecule has 2 amide bonds. The average molecular weight is 676 g/mol. The monoisotopic (exact) mass is 674 g/mol. The molecule has 0 aromatic heterocycles. The van der Waals surface area contributed by atoms with Crippen molar-refractivity contribution in [3.05, 3.63) is 63.1 Å². The van der Waals surface area contributed by atoms with Gasteiger partial charge in [0.25, 0.3) is 5.91 Å². The third kappa shape index (κ3) is 9.01. The van der Waals surface area contributed by atoms with Crippen LogP contribution in [0.1, 0.15) is 86.2 Å². The topological polar surface area (TPSA) is 121 Å². The fourth-order valence-electron chi connectivity index (χ4n) is 7.08. The van der Waals surface area contributed by atoms with Gasteiger partial charge in [0.1, 0.15) is 0 Å². The predicted octanol–water partition coefficient (Wildman–Crippen LogP) is 5.42. The maximum atomic E-state index is 13.6. The van der Waals surface area contributed by atoms with Gasteiger partial charge in [-0.1, -0.05) is 43.1 Å². The van der Waals surface area contributed by atoms with Crippen LogP contribution < -0.4 is 21.3 Å². The number of halogens is 2. The van der Waals surface area contributed by atoms with E-state index >= 15 is 0 Å². The van der Waals surface area contributed by atoms with Crippen molar-refractivity contribution in [2.24, 2.45) is 5.41 Å². The Balaban J connectivity index is 1.50. The van der Waals surface area contributed by atoms with Crippen molar-refractivity contribution >= 4 is 40.7 Å². The van der Waals surface area contributed by atoms with Crippen molar-refractivity contribution in [2.75, 3.05) is 38.9 Å². The second-order valence-electron chi connectivity index (χ2n) is 14.0. The summed E-state index contributed by atoms with van der Waals surface area (Å²) in [7, 11) is 1.61. The molecule has 1 saturated carbocycles. The third-order valence-corrected chi connectivity index (χ3v) is 10.5. The Labute approximate surface area is 282 Å². The highest BCUT2D eigenvalue weighted by atomic mass is 35.5. The Morgan fingerprint density at radius 2 is 1.87 bits per heavy atom. The molecular weight excluding hydrogens is 627 g/mol. The number of rotatable bonds is 8. The van der Waals surface area contributed by atoms with Crippen molar-refractivity contribution in [1.82, 2.24) is 16.0 Å². The first-order valence-corrected chi connectivity index (χ1v) is 17.2. The lowest BCUT2D eigenvalue weighted by molar-refractivity contribution is -0.118. The van der Waals surface area contributed by atoms with Crippen molar-refractivity contribution in [1.29, 1.82) is 0 Å². The van der Waals surface area contributed by atoms with E-state index in [4.69, 9.17) is 32.7 Å². The van der Waals surface area contributed by atoms with Gasteiger partial charge in [-0.2, -0.15) is 0 Å². The van der Waals surface area contributed by atoms with Gasteiger partial charge < -0.3 is 30.5 Å². The molecule has 252 valence electrons. The molecule has 1 saturated heterocycles. The minimum absolute atomic E-state index is 0.0371. The number of anilines is 1. The highest BCUT2D eigenvalue weighted by molar-refractivity contribution is 6.31. The minimum atomic E-state index is -0.436. The predicted molar refractivity (Wildman–Crippen MR) is 182 cm³/mol. The molecule has 1 spiro atoms. The maximum absolute atomic E-state index is 13.6. The summed E-state index contributed by atoms with van der Waals surface area (Å²) in [6, 6.07) is 11.1. The van der Waals surface area contributed by atoms with Gasteiger partial charge in [0.05, 0.1) is 32.7 Å². The zero-order valence-corrected chi connectivity index (χ0v) is 28.6. The second kappa shape index (κ2) is 15.3. The number of carbonyl (C=O) groups is 2. The Morgan fingerprint density at radius 3 is 2.57 bits per heavy atom. The van der Waals surface area contributed by atoms with Gasteiger partial charge in [-0.25, -0.2) is 0 Å². The van der Waals surface area contributed by atoms with Crippen LogP contribution in [0.25, 0.3) is 0 Å². The van der Waals surface area contributed by atoms with Gasteiger partial charge in [0.2, 0.25) is 5.91 Å². The van der Waals surface area contributed by atoms with Gasteiger partial charge in [-0.3, -0.25) is 14.9 Å². The number of amides is 2. The first kappa shape index (κ1) is 35.1. The summed E-state index contributed by atoms with van der Waals surface area (Å²) in [5, 5.41) is 23.8. The van der Waals surface area contributed by atoms with Crippen LogP contribution in [0.2, 0.25) is 10.0 Å². The van der Waals surface area contributed by atoms with Crippen molar-refractivity contribution in [3.63, 3.8) is 0 Å². The van der Waals surface area contributed by atoms with E-state index in [-0.39, 0.29) is 47.9 Å². The van der Waals surface area contributed by atoms with Gasteiger partial charge in [0.15, 0.2) is 0 Å². The Bertz CT molecular complexity index is 1370. The fraction of sp³-hybridized carbons (Fsp3) is 0.600. The van der Waals surface area contributed by atoms with Gasteiger partial charge >= 0.3 is 0 Å². The molecule has 2 heterocycles. The Kier molecular flexibility index (Phi) is 11.7. The summed E-state index contributed by atoms with van der Waals surface area (Å²) in [6.45, 7) is 5.83. The molecule has 4 atom stereocenters. The molecule has 1 aliphatic carbocycles. The summed E-state index contributed by atoms with van der Waals surface area (Å²) in [4.78, 5) is 26.4. The molecule has 5 rings (SSSR count). The smallest absolute Gasteiger partial charge is 0.251 e. The van der Waals surface area contributed by atoms with Crippen LogP contribution in [0.4, 0.5) is 5.69 Å². The fourth-order valence-corrected chi connectivity index (χ4v) is 7.49. The molecule has 2 fully saturated rings. The maximum Gasteiger partial charge on any atom is 0.251 e. The van der Waals surface area contributed by atoms with Crippen LogP contribution in [0.5, 0.6) is 0 Å². The number of aliphatic hydroxyl groups is 1. The lowest BCUT2D eigenvalue weighted by Crippen LogP contribution is -2.58. The largest absolute Gasteiger partial charge is 0.394 e. The quantitative estimate of drug-likeness (QED) is 0.187. The number of nitrogens with one attached hydrogen (secondary N) is 4. The lowest BCUT2D eigenvalue weighted by Gasteiger charge is -2.47. The van der Waals surface area contributed by atoms with E-state index < -0.39 is 5.54 Å². The molecule has 0 radical (unpaired) electrons. The number of aliphatic hydroxyl groups excluding tert-OH is 1. The van der Waals surface area contributed by atoms with Crippen LogP contribution in [-0.2, 0) is 20.7 Å². The molecule has 2 aromatic carbocycles. The molecule has 5 N–H and O–H groups in total. The summed E-state index contributed by atoms with van der Waals surface area (Å²) in [5.74, 6) is -0.414. The number of fused-ring (bicyclic) bond motifs is 1. The van der Waals surface area contributed by atoms with E-state index in [0.29, 0.717) is 54.1 Å². The standard InChI is InChI=1S/C35H48Cl2N4O5/c1-34(2)8-10-35(11-9-34)17-32(43)40-30-16-25(36)5-4-22(30)15-29(23-12-24(33(44)38-3)14-26(37)13-23)31(41-35)20-45-21-39-27-6-7-28(18-42)46-19-27/h4-5,12-14,16,27-29,31,39,41-42H,6-11,15,17-21H2,1-3H3,(H,38,44)(H,40,43)/t27-,28+,29+,31+/m1/s1. The molecule has 2 aromatic rings. The molecule has 2 aliphatic heterocycles. The van der Waals surface area contributed by atoms with Crippen LogP contribution in [-0.4, -0.2) is 74.2 Å². The van der Waals surface area contributed by atoms with E-state index in [9.17, 15) is 14.7 Å². The van der Waals surface area contributed by atoms with E-state index in [1.54, 1.807) is 13.1 Å². The summed E-state index contributed by atoms with van der Waals surface area (Å²) < 4.78 is 12.1. The first-order chi connectivity index (χ1) is 22.0. The Morgan fingerprint density at radius 1 is 1.09 bits per heavy atom.